The van der Waals surface area contributed by atoms with Crippen molar-refractivity contribution in [3.63, 3.8) is 0 Å². The molecular weight excluding hydrogens is 322 g/mol. The molecule has 1 aromatic carbocycles. The molecule has 8 heteroatoms. The predicted octanol–water partition coefficient (Wildman–Crippen LogP) is 2.76. The molecular formula is C16H16F2N2O4. The highest BCUT2D eigenvalue weighted by Crippen LogP contribution is 2.25. The second kappa shape index (κ2) is 7.20. The molecule has 0 aliphatic carbocycles. The summed E-state index contributed by atoms with van der Waals surface area (Å²) in [7, 11) is 1.37. The molecule has 0 bridgehead atoms. The quantitative estimate of drug-likeness (QED) is 0.819. The number of rotatable bonds is 6. The fourth-order valence-corrected chi connectivity index (χ4v) is 2.37. The molecule has 1 N–H and O–H groups in total. The SMILES string of the molecule is Cc1ccccc1C(=O)OCCc1c(C(=O)O)c(C(F)F)nn1C. The van der Waals surface area contributed by atoms with Crippen molar-refractivity contribution >= 4 is 11.9 Å². The Bertz CT molecular complexity index is 771. The summed E-state index contributed by atoms with van der Waals surface area (Å²) in [5.74, 6) is -2.04. The molecule has 128 valence electrons. The highest BCUT2D eigenvalue weighted by molar-refractivity contribution is 5.91. The monoisotopic (exact) mass is 338 g/mol. The van der Waals surface area contributed by atoms with Crippen LogP contribution >= 0.6 is 0 Å². The van der Waals surface area contributed by atoms with Crippen molar-refractivity contribution in [1.82, 2.24) is 9.78 Å². The van der Waals surface area contributed by atoms with E-state index in [-0.39, 0.29) is 18.7 Å². The van der Waals surface area contributed by atoms with Gasteiger partial charge in [-0.05, 0) is 18.6 Å². The molecule has 6 nitrogen and oxygen atoms in total. The van der Waals surface area contributed by atoms with Gasteiger partial charge in [-0.3, -0.25) is 4.68 Å². The highest BCUT2D eigenvalue weighted by Gasteiger charge is 2.27. The van der Waals surface area contributed by atoms with Gasteiger partial charge in [-0.1, -0.05) is 18.2 Å². The van der Waals surface area contributed by atoms with Crippen LogP contribution in [0.2, 0.25) is 0 Å². The van der Waals surface area contributed by atoms with E-state index in [1.807, 2.05) is 0 Å². The van der Waals surface area contributed by atoms with E-state index in [2.05, 4.69) is 5.10 Å². The predicted molar refractivity (Wildman–Crippen MR) is 80.3 cm³/mol. The van der Waals surface area contributed by atoms with Crippen LogP contribution in [-0.4, -0.2) is 33.4 Å². The van der Waals surface area contributed by atoms with Crippen LogP contribution in [0.1, 0.15) is 44.1 Å². The lowest BCUT2D eigenvalue weighted by Gasteiger charge is -2.08. The molecule has 0 aliphatic heterocycles. The number of ether oxygens (including phenoxy) is 1. The number of benzene rings is 1. The fraction of sp³-hybridized carbons (Fsp3) is 0.312. The Morgan fingerprint density at radius 2 is 2.00 bits per heavy atom. The van der Waals surface area contributed by atoms with E-state index >= 15 is 0 Å². The van der Waals surface area contributed by atoms with Gasteiger partial charge < -0.3 is 9.84 Å². The molecule has 0 unspecified atom stereocenters. The molecule has 2 rings (SSSR count). The molecule has 24 heavy (non-hydrogen) atoms. The Labute approximate surface area is 136 Å². The number of nitrogens with zero attached hydrogens (tertiary/aromatic N) is 2. The Morgan fingerprint density at radius 1 is 1.33 bits per heavy atom. The number of carboxylic acid groups (broad SMARTS) is 1. The van der Waals surface area contributed by atoms with Gasteiger partial charge in [-0.25, -0.2) is 18.4 Å². The van der Waals surface area contributed by atoms with Crippen molar-refractivity contribution in [2.75, 3.05) is 6.61 Å². The summed E-state index contributed by atoms with van der Waals surface area (Å²) in [5, 5.41) is 12.7. The van der Waals surface area contributed by atoms with Gasteiger partial charge in [0.25, 0.3) is 6.43 Å². The summed E-state index contributed by atoms with van der Waals surface area (Å²) in [5.41, 5.74) is -0.108. The molecule has 0 saturated carbocycles. The first kappa shape index (κ1) is 17.6. The first-order valence-electron chi connectivity index (χ1n) is 7.13. The summed E-state index contributed by atoms with van der Waals surface area (Å²) in [6.07, 6.45) is -3.03. The van der Waals surface area contributed by atoms with Crippen molar-refractivity contribution in [1.29, 1.82) is 0 Å². The largest absolute Gasteiger partial charge is 0.478 e. The average molecular weight is 338 g/mol. The minimum Gasteiger partial charge on any atom is -0.478 e. The maximum absolute atomic E-state index is 12.9. The van der Waals surface area contributed by atoms with Gasteiger partial charge in [0.05, 0.1) is 17.9 Å². The van der Waals surface area contributed by atoms with Crippen molar-refractivity contribution < 1.29 is 28.2 Å². The van der Waals surface area contributed by atoms with Crippen LogP contribution in [0.15, 0.2) is 24.3 Å². The Morgan fingerprint density at radius 3 is 2.58 bits per heavy atom. The van der Waals surface area contributed by atoms with Crippen LogP contribution in [0.5, 0.6) is 0 Å². The minimum atomic E-state index is -2.99. The third-order valence-corrected chi connectivity index (χ3v) is 3.55. The molecule has 0 spiro atoms. The van der Waals surface area contributed by atoms with E-state index in [1.54, 1.807) is 31.2 Å². The maximum atomic E-state index is 12.9. The van der Waals surface area contributed by atoms with E-state index in [4.69, 9.17) is 9.84 Å². The number of esters is 1. The first-order chi connectivity index (χ1) is 11.3. The standard InChI is InChI=1S/C16H16F2N2O4/c1-9-5-3-4-6-10(9)16(23)24-8-7-11-12(15(21)22)13(14(17)18)19-20(11)2/h3-6,14H,7-8H2,1-2H3,(H,21,22). The second-order valence-electron chi connectivity index (χ2n) is 5.14. The Hall–Kier alpha value is -2.77. The number of carbonyl (C=O) groups is 2. The average Bonchev–Trinajstić information content (AvgIpc) is 2.85. The lowest BCUT2D eigenvalue weighted by atomic mass is 10.1. The van der Waals surface area contributed by atoms with E-state index in [1.165, 1.54) is 7.05 Å². The van der Waals surface area contributed by atoms with Gasteiger partial charge in [0, 0.05) is 13.5 Å². The van der Waals surface area contributed by atoms with Crippen LogP contribution in [0.3, 0.4) is 0 Å². The normalized spacial score (nSPS) is 10.9. The third-order valence-electron chi connectivity index (χ3n) is 3.55. The van der Waals surface area contributed by atoms with Crippen molar-refractivity contribution in [3.05, 3.63) is 52.3 Å². The molecule has 2 aromatic rings. The number of aryl methyl sites for hydroxylation is 2. The van der Waals surface area contributed by atoms with E-state index in [0.717, 1.165) is 10.2 Å². The molecule has 0 radical (unpaired) electrons. The lowest BCUT2D eigenvalue weighted by molar-refractivity contribution is 0.0506. The second-order valence-corrected chi connectivity index (χ2v) is 5.14. The molecule has 1 aromatic heterocycles. The molecule has 0 atom stereocenters. The van der Waals surface area contributed by atoms with Gasteiger partial charge in [0.15, 0.2) is 0 Å². The zero-order valence-corrected chi connectivity index (χ0v) is 13.1. The molecule has 0 saturated heterocycles. The van der Waals surface area contributed by atoms with E-state index in [9.17, 15) is 18.4 Å². The van der Waals surface area contributed by atoms with Gasteiger partial charge >= 0.3 is 11.9 Å². The zero-order valence-electron chi connectivity index (χ0n) is 13.1. The van der Waals surface area contributed by atoms with Gasteiger partial charge in [0.2, 0.25) is 0 Å². The number of aromatic nitrogens is 2. The summed E-state index contributed by atoms with van der Waals surface area (Å²) in [6.45, 7) is 1.62. The number of aromatic carboxylic acids is 1. The summed E-state index contributed by atoms with van der Waals surface area (Å²) in [6, 6.07) is 6.85. The van der Waals surface area contributed by atoms with Crippen molar-refractivity contribution in [2.24, 2.45) is 7.05 Å². The molecule has 1 heterocycles. The van der Waals surface area contributed by atoms with Crippen molar-refractivity contribution in [2.45, 2.75) is 19.8 Å². The van der Waals surface area contributed by atoms with Crippen molar-refractivity contribution in [3.8, 4) is 0 Å². The number of halogens is 2. The fourth-order valence-electron chi connectivity index (χ4n) is 2.37. The van der Waals surface area contributed by atoms with E-state index < -0.39 is 29.6 Å². The summed E-state index contributed by atoms with van der Waals surface area (Å²) >= 11 is 0. The van der Waals surface area contributed by atoms with Crippen LogP contribution in [0.25, 0.3) is 0 Å². The van der Waals surface area contributed by atoms with Crippen LogP contribution < -0.4 is 0 Å². The molecule has 0 amide bonds. The first-order valence-corrected chi connectivity index (χ1v) is 7.13. The number of carbonyl (C=O) groups excluding carboxylic acids is 1. The zero-order chi connectivity index (χ0) is 17.9. The number of hydrogen-bond donors (Lipinski definition) is 1. The topological polar surface area (TPSA) is 81.4 Å². The number of hydrogen-bond acceptors (Lipinski definition) is 4. The summed E-state index contributed by atoms with van der Waals surface area (Å²) < 4.78 is 31.9. The smallest absolute Gasteiger partial charge is 0.339 e. The van der Waals surface area contributed by atoms with Crippen LogP contribution in [-0.2, 0) is 18.2 Å². The highest BCUT2D eigenvalue weighted by atomic mass is 19.3. The van der Waals surface area contributed by atoms with Gasteiger partial charge in [-0.15, -0.1) is 0 Å². The van der Waals surface area contributed by atoms with Gasteiger partial charge in [-0.2, -0.15) is 5.10 Å². The molecule has 0 aliphatic rings. The Balaban J connectivity index is 2.11. The summed E-state index contributed by atoms with van der Waals surface area (Å²) in [4.78, 5) is 23.2. The maximum Gasteiger partial charge on any atom is 0.339 e. The minimum absolute atomic E-state index is 0.0323. The van der Waals surface area contributed by atoms with E-state index in [0.29, 0.717) is 5.56 Å². The number of carboxylic acids is 1. The third kappa shape index (κ3) is 3.58. The number of alkyl halides is 2. The molecule has 0 fully saturated rings. The van der Waals surface area contributed by atoms with Crippen LogP contribution in [0, 0.1) is 6.92 Å². The van der Waals surface area contributed by atoms with Crippen LogP contribution in [0.4, 0.5) is 8.78 Å². The van der Waals surface area contributed by atoms with Gasteiger partial charge in [0.1, 0.15) is 11.3 Å². The Kier molecular flexibility index (Phi) is 5.28. The lowest BCUT2D eigenvalue weighted by Crippen LogP contribution is -2.13.